The SMILES string of the molecule is C=C(F)C(=O)NCCNc1nc(OCC23CCCN2CCC3)nc2c(F)c(-c3cccc4c3[C@@H]3C[C@@H]3C4)ccc12. The minimum Gasteiger partial charge on any atom is -0.461 e. The van der Waals surface area contributed by atoms with Gasteiger partial charge in [-0.05, 0) is 86.2 Å². The lowest BCUT2D eigenvalue weighted by molar-refractivity contribution is -0.118. The molecule has 1 saturated carbocycles. The molecule has 9 heteroatoms. The van der Waals surface area contributed by atoms with Crippen LogP contribution in [0.1, 0.15) is 49.1 Å². The smallest absolute Gasteiger partial charge is 0.319 e. The minimum absolute atomic E-state index is 0.00323. The second-order valence-electron chi connectivity index (χ2n) is 11.7. The Morgan fingerprint density at radius 1 is 1.12 bits per heavy atom. The Morgan fingerprint density at radius 3 is 2.75 bits per heavy atom. The van der Waals surface area contributed by atoms with Crippen molar-refractivity contribution < 1.29 is 18.3 Å². The number of amides is 1. The molecule has 3 heterocycles. The molecule has 1 aromatic heterocycles. The van der Waals surface area contributed by atoms with Gasteiger partial charge in [0.25, 0.3) is 5.91 Å². The summed E-state index contributed by atoms with van der Waals surface area (Å²) in [5, 5.41) is 6.13. The molecule has 2 aliphatic carbocycles. The Hall–Kier alpha value is -3.59. The molecule has 0 radical (unpaired) electrons. The maximum atomic E-state index is 16.4. The molecule has 0 bridgehead atoms. The van der Waals surface area contributed by atoms with Gasteiger partial charge in [0.1, 0.15) is 17.9 Å². The van der Waals surface area contributed by atoms with Crippen molar-refractivity contribution in [3.63, 3.8) is 0 Å². The first kappa shape index (κ1) is 25.4. The van der Waals surface area contributed by atoms with Crippen LogP contribution in [0.5, 0.6) is 6.01 Å². The van der Waals surface area contributed by atoms with E-state index in [0.717, 1.165) is 50.8 Å². The third-order valence-corrected chi connectivity index (χ3v) is 9.28. The molecule has 1 amide bonds. The van der Waals surface area contributed by atoms with Crippen LogP contribution in [-0.2, 0) is 11.2 Å². The molecule has 2 aliphatic heterocycles. The zero-order valence-corrected chi connectivity index (χ0v) is 22.4. The quantitative estimate of drug-likeness (QED) is 0.287. The van der Waals surface area contributed by atoms with Crippen molar-refractivity contribution in [3.05, 3.63) is 59.7 Å². The molecule has 4 aliphatic rings. The van der Waals surface area contributed by atoms with Gasteiger partial charge < -0.3 is 15.4 Å². The summed E-state index contributed by atoms with van der Waals surface area (Å²) < 4.78 is 35.6. The summed E-state index contributed by atoms with van der Waals surface area (Å²) in [6.07, 6.45) is 6.69. The summed E-state index contributed by atoms with van der Waals surface area (Å²) >= 11 is 0. The Morgan fingerprint density at radius 2 is 1.95 bits per heavy atom. The van der Waals surface area contributed by atoms with Crippen molar-refractivity contribution in [2.24, 2.45) is 5.92 Å². The summed E-state index contributed by atoms with van der Waals surface area (Å²) in [6.45, 7) is 6.02. The number of halogens is 2. The van der Waals surface area contributed by atoms with E-state index in [2.05, 4.69) is 38.1 Å². The standard InChI is InChI=1S/C31H33F2N5O2/c1-18(32)29(39)35-12-11-34-28-23-8-7-22(21-6-2-5-19-15-20-16-24(20)25(19)21)26(33)27(23)36-30(37-28)40-17-31-9-3-13-38(31)14-4-10-31/h2,5-8,20,24H,1,3-4,9-17H2,(H,35,39)(H,34,36,37)/t20-,24+/m0/s1. The van der Waals surface area contributed by atoms with Crippen molar-refractivity contribution in [2.45, 2.75) is 50.0 Å². The zero-order chi connectivity index (χ0) is 27.4. The first-order chi connectivity index (χ1) is 19.4. The molecule has 0 spiro atoms. The molecule has 2 aromatic carbocycles. The highest BCUT2D eigenvalue weighted by Crippen LogP contribution is 2.58. The molecular formula is C31H33F2N5O2. The molecule has 2 atom stereocenters. The van der Waals surface area contributed by atoms with Crippen LogP contribution in [0.25, 0.3) is 22.0 Å². The molecule has 3 aromatic rings. The van der Waals surface area contributed by atoms with Crippen LogP contribution in [0, 0.1) is 11.7 Å². The highest BCUT2D eigenvalue weighted by molar-refractivity contribution is 5.94. The Labute approximate surface area is 232 Å². The summed E-state index contributed by atoms with van der Waals surface area (Å²) in [7, 11) is 0. The van der Waals surface area contributed by atoms with Crippen LogP contribution >= 0.6 is 0 Å². The molecule has 2 N–H and O–H groups in total. The molecule has 7 rings (SSSR count). The number of carbonyl (C=O) groups excluding carboxylic acids is 1. The van der Waals surface area contributed by atoms with Gasteiger partial charge in [0, 0.05) is 24.0 Å². The van der Waals surface area contributed by atoms with Crippen LogP contribution in [0.3, 0.4) is 0 Å². The molecule has 2 saturated heterocycles. The lowest BCUT2D eigenvalue weighted by atomic mass is 9.93. The summed E-state index contributed by atoms with van der Waals surface area (Å²) in [5.74, 6) is -0.675. The van der Waals surface area contributed by atoms with E-state index in [4.69, 9.17) is 4.74 Å². The maximum absolute atomic E-state index is 16.4. The number of benzene rings is 2. The largest absolute Gasteiger partial charge is 0.461 e. The third-order valence-electron chi connectivity index (χ3n) is 9.28. The number of aromatic nitrogens is 2. The van der Waals surface area contributed by atoms with E-state index in [9.17, 15) is 9.18 Å². The topological polar surface area (TPSA) is 79.4 Å². The van der Waals surface area contributed by atoms with E-state index in [0.29, 0.717) is 35.2 Å². The van der Waals surface area contributed by atoms with Crippen molar-refractivity contribution >= 4 is 22.6 Å². The Balaban J connectivity index is 1.23. The van der Waals surface area contributed by atoms with Crippen LogP contribution in [-0.4, -0.2) is 59.1 Å². The van der Waals surface area contributed by atoms with Gasteiger partial charge in [-0.1, -0.05) is 30.8 Å². The van der Waals surface area contributed by atoms with Gasteiger partial charge in [0.15, 0.2) is 11.6 Å². The number of ether oxygens (including phenoxy) is 1. The number of nitrogens with one attached hydrogen (secondary N) is 2. The number of rotatable bonds is 9. The average Bonchev–Trinajstić information content (AvgIpc) is 3.25. The van der Waals surface area contributed by atoms with E-state index in [1.807, 2.05) is 18.2 Å². The number of fused-ring (bicyclic) bond motifs is 5. The van der Waals surface area contributed by atoms with Crippen molar-refractivity contribution in [2.75, 3.05) is 38.1 Å². The van der Waals surface area contributed by atoms with Crippen LogP contribution in [0.15, 0.2) is 42.7 Å². The van der Waals surface area contributed by atoms with Gasteiger partial charge in [-0.2, -0.15) is 9.97 Å². The normalized spacial score (nSPS) is 22.1. The van der Waals surface area contributed by atoms with Gasteiger partial charge in [-0.3, -0.25) is 9.69 Å². The second-order valence-corrected chi connectivity index (χ2v) is 11.7. The summed E-state index contributed by atoms with van der Waals surface area (Å²) in [4.78, 5) is 23.2. The van der Waals surface area contributed by atoms with Crippen LogP contribution < -0.4 is 15.4 Å². The fourth-order valence-corrected chi connectivity index (χ4v) is 7.23. The highest BCUT2D eigenvalue weighted by atomic mass is 19.1. The van der Waals surface area contributed by atoms with Gasteiger partial charge >= 0.3 is 6.01 Å². The Kier molecular flexibility index (Phi) is 6.22. The second kappa shape index (κ2) is 9.80. The molecule has 3 fully saturated rings. The van der Waals surface area contributed by atoms with Gasteiger partial charge in [0.05, 0.1) is 5.54 Å². The first-order valence-corrected chi connectivity index (χ1v) is 14.3. The predicted molar refractivity (Wildman–Crippen MR) is 149 cm³/mol. The number of hydrogen-bond donors (Lipinski definition) is 2. The molecule has 7 nitrogen and oxygen atoms in total. The number of carbonyl (C=O) groups is 1. The van der Waals surface area contributed by atoms with Gasteiger partial charge in [-0.15, -0.1) is 0 Å². The van der Waals surface area contributed by atoms with E-state index in [1.54, 1.807) is 6.07 Å². The summed E-state index contributed by atoms with van der Waals surface area (Å²) in [5.41, 5.74) is 4.28. The average molecular weight is 546 g/mol. The number of hydrogen-bond acceptors (Lipinski definition) is 6. The van der Waals surface area contributed by atoms with Crippen LogP contribution in [0.4, 0.5) is 14.6 Å². The fourth-order valence-electron chi connectivity index (χ4n) is 7.23. The van der Waals surface area contributed by atoms with Crippen molar-refractivity contribution in [3.8, 4) is 17.1 Å². The van der Waals surface area contributed by atoms with Crippen molar-refractivity contribution in [1.82, 2.24) is 20.2 Å². The summed E-state index contributed by atoms with van der Waals surface area (Å²) in [6, 6.07) is 9.96. The van der Waals surface area contributed by atoms with E-state index in [-0.39, 0.29) is 30.2 Å². The predicted octanol–water partition coefficient (Wildman–Crippen LogP) is 5.11. The monoisotopic (exact) mass is 545 g/mol. The number of anilines is 1. The van der Waals surface area contributed by atoms with Gasteiger partial charge in [0.2, 0.25) is 0 Å². The van der Waals surface area contributed by atoms with E-state index in [1.165, 1.54) is 17.5 Å². The molecule has 208 valence electrons. The van der Waals surface area contributed by atoms with E-state index >= 15 is 4.39 Å². The molecule has 40 heavy (non-hydrogen) atoms. The lowest BCUT2D eigenvalue weighted by Crippen LogP contribution is -2.43. The van der Waals surface area contributed by atoms with Crippen LogP contribution in [0.2, 0.25) is 0 Å². The maximum Gasteiger partial charge on any atom is 0.319 e. The Bertz CT molecular complexity index is 1520. The highest BCUT2D eigenvalue weighted by Gasteiger charge is 2.47. The third kappa shape index (κ3) is 4.31. The molecule has 0 unspecified atom stereocenters. The molecular weight excluding hydrogens is 512 g/mol. The van der Waals surface area contributed by atoms with Crippen molar-refractivity contribution in [1.29, 1.82) is 0 Å². The number of nitrogens with zero attached hydrogens (tertiary/aromatic N) is 3. The fraction of sp³-hybridized carbons (Fsp3) is 0.452. The minimum atomic E-state index is -1.05. The van der Waals surface area contributed by atoms with E-state index < -0.39 is 17.6 Å². The zero-order valence-electron chi connectivity index (χ0n) is 22.4. The lowest BCUT2D eigenvalue weighted by Gasteiger charge is -2.31. The first-order valence-electron chi connectivity index (χ1n) is 14.3. The van der Waals surface area contributed by atoms with Gasteiger partial charge in [-0.25, -0.2) is 8.78 Å².